The quantitative estimate of drug-likeness (QED) is 0.888. The Labute approximate surface area is 148 Å². The molecule has 0 radical (unpaired) electrons. The standard InChI is InChI=1S/C19H26N2O4/c1-2-6-17(22)21-10-4-3-8-15(21)19(23)20-13-14-7-5-9-16-18(14)25-12-11-24-16/h5,7,9,15H,2-4,6,8,10-13H2,1H3,(H,20,23)/t15-/m0/s1. The normalized spacial score (nSPS) is 19.4. The average Bonchev–Trinajstić information content (AvgIpc) is 2.66. The zero-order valence-corrected chi connectivity index (χ0v) is 14.8. The summed E-state index contributed by atoms with van der Waals surface area (Å²) in [6.45, 7) is 4.09. The van der Waals surface area contributed by atoms with E-state index < -0.39 is 0 Å². The molecule has 1 atom stereocenters. The van der Waals surface area contributed by atoms with E-state index in [-0.39, 0.29) is 17.9 Å². The number of hydrogen-bond donors (Lipinski definition) is 1. The van der Waals surface area contributed by atoms with Crippen LogP contribution in [0.15, 0.2) is 18.2 Å². The van der Waals surface area contributed by atoms with Crippen LogP contribution in [0.3, 0.4) is 0 Å². The highest BCUT2D eigenvalue weighted by molar-refractivity contribution is 5.87. The lowest BCUT2D eigenvalue weighted by molar-refractivity contribution is -0.142. The van der Waals surface area contributed by atoms with Crippen LogP contribution >= 0.6 is 0 Å². The molecule has 2 aliphatic rings. The van der Waals surface area contributed by atoms with Crippen molar-refractivity contribution in [1.29, 1.82) is 0 Å². The number of para-hydroxylation sites is 1. The maximum atomic E-state index is 12.7. The van der Waals surface area contributed by atoms with Crippen molar-refractivity contribution in [3.8, 4) is 11.5 Å². The summed E-state index contributed by atoms with van der Waals surface area (Å²) in [6, 6.07) is 5.33. The third-order valence-corrected chi connectivity index (χ3v) is 4.69. The zero-order valence-electron chi connectivity index (χ0n) is 14.8. The van der Waals surface area contributed by atoms with Crippen molar-refractivity contribution in [1.82, 2.24) is 10.2 Å². The van der Waals surface area contributed by atoms with Crippen LogP contribution in [0.25, 0.3) is 0 Å². The van der Waals surface area contributed by atoms with E-state index in [1.165, 1.54) is 0 Å². The van der Waals surface area contributed by atoms with Crippen molar-refractivity contribution >= 4 is 11.8 Å². The van der Waals surface area contributed by atoms with E-state index in [0.717, 1.165) is 37.0 Å². The van der Waals surface area contributed by atoms with Crippen LogP contribution in [-0.2, 0) is 16.1 Å². The Morgan fingerprint density at radius 1 is 1.24 bits per heavy atom. The lowest BCUT2D eigenvalue weighted by Crippen LogP contribution is -2.51. The Kier molecular flexibility index (Phi) is 5.79. The van der Waals surface area contributed by atoms with Gasteiger partial charge < -0.3 is 19.7 Å². The van der Waals surface area contributed by atoms with E-state index in [2.05, 4.69) is 5.32 Å². The molecule has 2 heterocycles. The second-order valence-corrected chi connectivity index (χ2v) is 6.51. The number of rotatable bonds is 5. The molecule has 1 fully saturated rings. The molecule has 2 aliphatic heterocycles. The number of ether oxygens (including phenoxy) is 2. The van der Waals surface area contributed by atoms with Gasteiger partial charge in [0.1, 0.15) is 19.3 Å². The van der Waals surface area contributed by atoms with Crippen LogP contribution in [0.2, 0.25) is 0 Å². The number of likely N-dealkylation sites (tertiary alicyclic amines) is 1. The third kappa shape index (κ3) is 4.06. The predicted molar refractivity (Wildman–Crippen MR) is 93.5 cm³/mol. The average molecular weight is 346 g/mol. The van der Waals surface area contributed by atoms with Crippen LogP contribution < -0.4 is 14.8 Å². The molecule has 3 rings (SSSR count). The molecule has 1 aromatic rings. The van der Waals surface area contributed by atoms with Gasteiger partial charge in [-0.05, 0) is 31.7 Å². The molecule has 0 aliphatic carbocycles. The SMILES string of the molecule is CCCC(=O)N1CCCC[C@H]1C(=O)NCc1cccc2c1OCCO2. The number of fused-ring (bicyclic) bond motifs is 1. The number of amides is 2. The van der Waals surface area contributed by atoms with Gasteiger partial charge in [-0.15, -0.1) is 0 Å². The summed E-state index contributed by atoms with van der Waals surface area (Å²) in [4.78, 5) is 26.7. The summed E-state index contributed by atoms with van der Waals surface area (Å²) in [5, 5.41) is 2.98. The van der Waals surface area contributed by atoms with Gasteiger partial charge in [0.2, 0.25) is 11.8 Å². The summed E-state index contributed by atoms with van der Waals surface area (Å²) < 4.78 is 11.3. The summed E-state index contributed by atoms with van der Waals surface area (Å²) in [7, 11) is 0. The van der Waals surface area contributed by atoms with Crippen LogP contribution in [-0.4, -0.2) is 42.5 Å². The number of carbonyl (C=O) groups is 2. The molecule has 0 spiro atoms. The molecule has 1 N–H and O–H groups in total. The first-order valence-corrected chi connectivity index (χ1v) is 9.15. The number of nitrogens with one attached hydrogen (secondary N) is 1. The highest BCUT2D eigenvalue weighted by Gasteiger charge is 2.31. The van der Waals surface area contributed by atoms with Gasteiger partial charge in [0.25, 0.3) is 0 Å². The van der Waals surface area contributed by atoms with E-state index >= 15 is 0 Å². The fraction of sp³-hybridized carbons (Fsp3) is 0.579. The van der Waals surface area contributed by atoms with Gasteiger partial charge >= 0.3 is 0 Å². The smallest absolute Gasteiger partial charge is 0.243 e. The Morgan fingerprint density at radius 2 is 2.08 bits per heavy atom. The minimum absolute atomic E-state index is 0.0798. The second-order valence-electron chi connectivity index (χ2n) is 6.51. The minimum Gasteiger partial charge on any atom is -0.486 e. The molecular formula is C19H26N2O4. The third-order valence-electron chi connectivity index (χ3n) is 4.69. The topological polar surface area (TPSA) is 67.9 Å². The first-order chi connectivity index (χ1) is 12.2. The maximum absolute atomic E-state index is 12.7. The van der Waals surface area contributed by atoms with Crippen molar-refractivity contribution < 1.29 is 19.1 Å². The molecule has 25 heavy (non-hydrogen) atoms. The van der Waals surface area contributed by atoms with Crippen molar-refractivity contribution in [2.45, 2.75) is 51.6 Å². The largest absolute Gasteiger partial charge is 0.486 e. The van der Waals surface area contributed by atoms with Gasteiger partial charge in [0.15, 0.2) is 11.5 Å². The summed E-state index contributed by atoms with van der Waals surface area (Å²) in [5.41, 5.74) is 0.896. The molecule has 0 aromatic heterocycles. The monoisotopic (exact) mass is 346 g/mol. The lowest BCUT2D eigenvalue weighted by atomic mass is 10.0. The Bertz CT molecular complexity index is 632. The fourth-order valence-electron chi connectivity index (χ4n) is 3.43. The predicted octanol–water partition coefficient (Wildman–Crippen LogP) is 2.26. The molecule has 6 nitrogen and oxygen atoms in total. The number of hydrogen-bond acceptors (Lipinski definition) is 4. The molecule has 136 valence electrons. The highest BCUT2D eigenvalue weighted by Crippen LogP contribution is 2.33. The van der Waals surface area contributed by atoms with E-state index in [0.29, 0.717) is 38.5 Å². The van der Waals surface area contributed by atoms with Crippen LogP contribution in [0.5, 0.6) is 11.5 Å². The molecule has 0 bridgehead atoms. The Morgan fingerprint density at radius 3 is 2.92 bits per heavy atom. The van der Waals surface area contributed by atoms with E-state index in [1.54, 1.807) is 4.90 Å². The van der Waals surface area contributed by atoms with Crippen molar-refractivity contribution in [3.05, 3.63) is 23.8 Å². The number of benzene rings is 1. The van der Waals surface area contributed by atoms with Crippen molar-refractivity contribution in [3.63, 3.8) is 0 Å². The van der Waals surface area contributed by atoms with E-state index in [4.69, 9.17) is 9.47 Å². The zero-order chi connectivity index (χ0) is 17.6. The minimum atomic E-state index is -0.357. The van der Waals surface area contributed by atoms with Crippen LogP contribution in [0.4, 0.5) is 0 Å². The van der Waals surface area contributed by atoms with E-state index in [1.807, 2.05) is 25.1 Å². The van der Waals surface area contributed by atoms with Crippen LogP contribution in [0, 0.1) is 0 Å². The molecule has 2 amide bonds. The van der Waals surface area contributed by atoms with Crippen LogP contribution in [0.1, 0.15) is 44.6 Å². The molecule has 0 unspecified atom stereocenters. The first kappa shape index (κ1) is 17.6. The van der Waals surface area contributed by atoms with E-state index in [9.17, 15) is 9.59 Å². The summed E-state index contributed by atoms with van der Waals surface area (Å²) in [6.07, 6.45) is 3.98. The molecule has 6 heteroatoms. The molecule has 1 aromatic carbocycles. The summed E-state index contributed by atoms with van der Waals surface area (Å²) >= 11 is 0. The van der Waals surface area contributed by atoms with Crippen molar-refractivity contribution in [2.24, 2.45) is 0 Å². The summed E-state index contributed by atoms with van der Waals surface area (Å²) in [5.74, 6) is 1.42. The number of piperidine rings is 1. The second kappa shape index (κ2) is 8.23. The van der Waals surface area contributed by atoms with Gasteiger partial charge in [-0.1, -0.05) is 19.1 Å². The molecular weight excluding hydrogens is 320 g/mol. The van der Waals surface area contributed by atoms with Gasteiger partial charge in [-0.3, -0.25) is 9.59 Å². The number of nitrogens with zero attached hydrogens (tertiary/aromatic N) is 1. The van der Waals surface area contributed by atoms with Gasteiger partial charge in [0, 0.05) is 25.1 Å². The molecule has 0 saturated carbocycles. The van der Waals surface area contributed by atoms with Gasteiger partial charge in [-0.2, -0.15) is 0 Å². The maximum Gasteiger partial charge on any atom is 0.243 e. The highest BCUT2D eigenvalue weighted by atomic mass is 16.6. The fourth-order valence-corrected chi connectivity index (χ4v) is 3.43. The Hall–Kier alpha value is -2.24. The van der Waals surface area contributed by atoms with Gasteiger partial charge in [-0.25, -0.2) is 0 Å². The molecule has 1 saturated heterocycles. The Balaban J connectivity index is 1.64. The van der Waals surface area contributed by atoms with Crippen molar-refractivity contribution in [2.75, 3.05) is 19.8 Å². The lowest BCUT2D eigenvalue weighted by Gasteiger charge is -2.35. The number of carbonyl (C=O) groups excluding carboxylic acids is 2. The first-order valence-electron chi connectivity index (χ1n) is 9.15. The van der Waals surface area contributed by atoms with Gasteiger partial charge in [0.05, 0.1) is 0 Å².